The normalized spacial score (nSPS) is 18.4. The Hall–Kier alpha value is -8.06. The molecule has 0 nitrogen and oxygen atoms in total. The van der Waals surface area contributed by atoms with Gasteiger partial charge in [-0.25, -0.2) is 0 Å². The molecule has 11 aromatic rings. The lowest BCUT2D eigenvalue weighted by Gasteiger charge is -2.36. The van der Waals surface area contributed by atoms with Gasteiger partial charge in [0.1, 0.15) is 0 Å². The summed E-state index contributed by atoms with van der Waals surface area (Å²) in [5, 5.41) is 7.86. The van der Waals surface area contributed by atoms with Gasteiger partial charge >= 0.3 is 0 Å². The van der Waals surface area contributed by atoms with E-state index in [2.05, 4.69) is 225 Å². The van der Waals surface area contributed by atoms with Crippen molar-refractivity contribution in [1.29, 1.82) is 0 Å². The van der Waals surface area contributed by atoms with Gasteiger partial charge in [0.2, 0.25) is 0 Å². The number of benzene rings is 11. The van der Waals surface area contributed by atoms with Crippen LogP contribution >= 0.6 is 0 Å². The summed E-state index contributed by atoms with van der Waals surface area (Å²) in [4.78, 5) is 0. The minimum atomic E-state index is -0.381. The predicted octanol–water partition coefficient (Wildman–Crippen LogP) is 16.9. The molecular formula is C67H42. The lowest BCUT2D eigenvalue weighted by Crippen LogP contribution is -2.30. The van der Waals surface area contributed by atoms with Gasteiger partial charge in [0.25, 0.3) is 0 Å². The standard InChI is InChI=1S/C67H42/c1-39-13-12-19-55-50-18-6-11-24-60(50)67(65(39)55)59-23-10-5-17-49(59)52-34-30-43(38-62(52)67)45-32-26-41-27-35-53-44(31-25-40-28-36-54(45)64(41)63(40)53)42-29-33-51-48-16-4-9-22-58(48)66(61(51)37-42)56-20-7-2-14-46(56)47-15-3-8-21-57(47)66/h2-12,14-39H,13H2,1H3. The maximum atomic E-state index is 2.57. The van der Waals surface area contributed by atoms with E-state index in [-0.39, 0.29) is 10.8 Å². The van der Waals surface area contributed by atoms with Crippen molar-refractivity contribution in [3.05, 3.63) is 268 Å². The molecular weight excluding hydrogens is 805 g/mol. The monoisotopic (exact) mass is 846 g/mol. The minimum absolute atomic E-state index is 0.324. The SMILES string of the molecule is CC1CC=CC2=C1C1(c3ccccc32)c2ccccc2-c2ccc(-c3ccc4ccc5c(-c6ccc7c(c6)C6(c8ccccc8-c8ccccc86)c6ccccc6-7)ccc6ccc3c4c65)cc21. The Morgan fingerprint density at radius 1 is 0.343 bits per heavy atom. The van der Waals surface area contributed by atoms with Gasteiger partial charge in [-0.15, -0.1) is 0 Å². The van der Waals surface area contributed by atoms with E-state index in [1.807, 2.05) is 0 Å². The number of fused-ring (bicyclic) bond motifs is 19. The fourth-order valence-corrected chi connectivity index (χ4v) is 14.5. The molecule has 0 amide bonds. The van der Waals surface area contributed by atoms with Crippen LogP contribution in [-0.2, 0) is 10.8 Å². The van der Waals surface area contributed by atoms with Gasteiger partial charge in [-0.3, -0.25) is 0 Å². The van der Waals surface area contributed by atoms with Gasteiger partial charge in [-0.05, 0) is 168 Å². The summed E-state index contributed by atoms with van der Waals surface area (Å²) in [5.74, 6) is 0.426. The zero-order chi connectivity index (χ0) is 43.8. The summed E-state index contributed by atoms with van der Waals surface area (Å²) in [6, 6.07) is 79.5. The second-order valence-corrected chi connectivity index (χ2v) is 19.8. The molecule has 0 aliphatic heterocycles. The zero-order valence-corrected chi connectivity index (χ0v) is 37.1. The van der Waals surface area contributed by atoms with Crippen molar-refractivity contribution >= 4 is 37.9 Å². The largest absolute Gasteiger partial charge is 0.0833 e. The van der Waals surface area contributed by atoms with Crippen LogP contribution in [0.25, 0.3) is 93.5 Å². The first-order valence-electron chi connectivity index (χ1n) is 24.1. The van der Waals surface area contributed by atoms with Gasteiger partial charge in [-0.1, -0.05) is 213 Å². The van der Waals surface area contributed by atoms with Crippen LogP contribution in [0.2, 0.25) is 0 Å². The van der Waals surface area contributed by atoms with Crippen LogP contribution in [0, 0.1) is 5.92 Å². The molecule has 0 N–H and O–H groups in total. The Morgan fingerprint density at radius 2 is 0.716 bits per heavy atom. The number of hydrogen-bond acceptors (Lipinski definition) is 0. The van der Waals surface area contributed by atoms with Gasteiger partial charge in [0.15, 0.2) is 0 Å². The molecule has 0 saturated carbocycles. The van der Waals surface area contributed by atoms with Crippen molar-refractivity contribution in [2.45, 2.75) is 24.2 Å². The molecule has 0 heteroatoms. The summed E-state index contributed by atoms with van der Waals surface area (Å²) < 4.78 is 0. The van der Waals surface area contributed by atoms with E-state index in [1.165, 1.54) is 138 Å². The zero-order valence-electron chi connectivity index (χ0n) is 37.1. The van der Waals surface area contributed by atoms with E-state index < -0.39 is 0 Å². The van der Waals surface area contributed by atoms with Crippen LogP contribution < -0.4 is 0 Å². The Balaban J connectivity index is 0.906. The Morgan fingerprint density at radius 3 is 1.21 bits per heavy atom. The van der Waals surface area contributed by atoms with Crippen LogP contribution in [0.4, 0.5) is 0 Å². The summed E-state index contributed by atoms with van der Waals surface area (Å²) in [7, 11) is 0. The minimum Gasteiger partial charge on any atom is -0.0833 e. The lowest BCUT2D eigenvalue weighted by molar-refractivity contribution is 0.591. The molecule has 5 aliphatic carbocycles. The van der Waals surface area contributed by atoms with Gasteiger partial charge in [-0.2, -0.15) is 0 Å². The first kappa shape index (κ1) is 36.2. The van der Waals surface area contributed by atoms with Crippen LogP contribution in [0.1, 0.15) is 57.9 Å². The summed E-state index contributed by atoms with van der Waals surface area (Å²) in [6.07, 6.45) is 5.86. The third-order valence-electron chi connectivity index (χ3n) is 16.9. The molecule has 0 saturated heterocycles. The smallest absolute Gasteiger partial charge is 0.0725 e. The average Bonchev–Trinajstić information content (AvgIpc) is 4.07. The van der Waals surface area contributed by atoms with Gasteiger partial charge < -0.3 is 0 Å². The van der Waals surface area contributed by atoms with E-state index in [0.717, 1.165) is 6.42 Å². The third-order valence-corrected chi connectivity index (χ3v) is 16.9. The lowest BCUT2D eigenvalue weighted by atomic mass is 9.65. The van der Waals surface area contributed by atoms with E-state index >= 15 is 0 Å². The fraction of sp³-hybridized carbons (Fsp3) is 0.0746. The quantitative estimate of drug-likeness (QED) is 0.152. The topological polar surface area (TPSA) is 0 Å². The molecule has 2 atom stereocenters. The molecule has 67 heavy (non-hydrogen) atoms. The Kier molecular flexibility index (Phi) is 6.82. The van der Waals surface area contributed by atoms with E-state index in [1.54, 1.807) is 5.57 Å². The molecule has 0 heterocycles. The maximum absolute atomic E-state index is 2.57. The first-order chi connectivity index (χ1) is 33.2. The molecule has 16 rings (SSSR count). The van der Waals surface area contributed by atoms with Crippen molar-refractivity contribution in [3.63, 3.8) is 0 Å². The number of hydrogen-bond donors (Lipinski definition) is 0. The maximum Gasteiger partial charge on any atom is 0.0725 e. The highest BCUT2D eigenvalue weighted by Crippen LogP contribution is 2.66. The molecule has 310 valence electrons. The van der Waals surface area contributed by atoms with Gasteiger partial charge in [0, 0.05) is 0 Å². The van der Waals surface area contributed by atoms with E-state index in [0.29, 0.717) is 5.92 Å². The second-order valence-electron chi connectivity index (χ2n) is 19.8. The van der Waals surface area contributed by atoms with Crippen LogP contribution in [0.5, 0.6) is 0 Å². The highest BCUT2D eigenvalue weighted by molar-refractivity contribution is 6.27. The van der Waals surface area contributed by atoms with Crippen molar-refractivity contribution in [2.75, 3.05) is 0 Å². The summed E-state index contributed by atoms with van der Waals surface area (Å²) in [6.45, 7) is 2.44. The van der Waals surface area contributed by atoms with E-state index in [4.69, 9.17) is 0 Å². The van der Waals surface area contributed by atoms with Crippen LogP contribution in [-0.4, -0.2) is 0 Å². The van der Waals surface area contributed by atoms with E-state index in [9.17, 15) is 0 Å². The molecule has 0 fully saturated rings. The summed E-state index contributed by atoms with van der Waals surface area (Å²) >= 11 is 0. The third kappa shape index (κ3) is 4.23. The Bertz CT molecular complexity index is 4030. The van der Waals surface area contributed by atoms with Crippen molar-refractivity contribution in [3.8, 4) is 55.6 Å². The fourth-order valence-electron chi connectivity index (χ4n) is 14.5. The molecule has 0 aromatic heterocycles. The first-order valence-corrected chi connectivity index (χ1v) is 24.1. The van der Waals surface area contributed by atoms with Crippen molar-refractivity contribution in [1.82, 2.24) is 0 Å². The number of allylic oxidation sites excluding steroid dienone is 4. The molecule has 2 unspecified atom stereocenters. The van der Waals surface area contributed by atoms with Gasteiger partial charge in [0.05, 0.1) is 10.8 Å². The molecule has 0 bridgehead atoms. The Labute approximate surface area is 390 Å². The summed E-state index contributed by atoms with van der Waals surface area (Å²) in [5.41, 5.74) is 26.6. The molecule has 2 spiro atoms. The highest BCUT2D eigenvalue weighted by Gasteiger charge is 2.54. The van der Waals surface area contributed by atoms with Crippen LogP contribution in [0.15, 0.2) is 224 Å². The van der Waals surface area contributed by atoms with Crippen LogP contribution in [0.3, 0.4) is 0 Å². The predicted molar refractivity (Wildman–Crippen MR) is 279 cm³/mol. The van der Waals surface area contributed by atoms with Crippen molar-refractivity contribution < 1.29 is 0 Å². The molecule has 11 aromatic carbocycles. The average molecular weight is 847 g/mol. The highest BCUT2D eigenvalue weighted by atomic mass is 14.6. The molecule has 0 radical (unpaired) electrons. The van der Waals surface area contributed by atoms with Crippen molar-refractivity contribution in [2.24, 2.45) is 5.92 Å². The molecule has 5 aliphatic rings. The number of rotatable bonds is 2. The second kappa shape index (κ2) is 12.6.